The molecule has 63 heavy (non-hydrogen) atoms. The maximum Gasteiger partial charge on any atom is 0.164 e. The molecule has 6 heteroatoms. The van der Waals surface area contributed by atoms with Crippen molar-refractivity contribution in [1.82, 2.24) is 24.1 Å². The van der Waals surface area contributed by atoms with E-state index in [1.807, 2.05) is 30.3 Å². The summed E-state index contributed by atoms with van der Waals surface area (Å²) in [6, 6.07) is 74.5. The van der Waals surface area contributed by atoms with Crippen molar-refractivity contribution in [3.05, 3.63) is 212 Å². The first-order valence-electron chi connectivity index (χ1n) is 21.2. The molecule has 0 radical (unpaired) electrons. The van der Waals surface area contributed by atoms with Crippen molar-refractivity contribution in [2.24, 2.45) is 0 Å². The van der Waals surface area contributed by atoms with E-state index < -0.39 is 0 Å². The zero-order valence-electron chi connectivity index (χ0n) is 33.9. The average molecular weight is 806 g/mol. The van der Waals surface area contributed by atoms with Gasteiger partial charge in [0.05, 0.1) is 22.1 Å². The number of para-hydroxylation sites is 4. The van der Waals surface area contributed by atoms with Crippen molar-refractivity contribution in [2.45, 2.75) is 0 Å². The fraction of sp³-hybridized carbons (Fsp3) is 0. The van der Waals surface area contributed by atoms with Crippen LogP contribution in [0.15, 0.2) is 217 Å². The third-order valence-corrected chi connectivity index (χ3v) is 12.4. The first-order chi connectivity index (χ1) is 31.2. The highest BCUT2D eigenvalue weighted by atomic mass is 16.3. The predicted octanol–water partition coefficient (Wildman–Crippen LogP) is 14.6. The molecule has 294 valence electrons. The summed E-state index contributed by atoms with van der Waals surface area (Å²) in [6.45, 7) is 0. The molecule has 9 aromatic carbocycles. The minimum Gasteiger partial charge on any atom is -0.456 e. The third kappa shape index (κ3) is 5.62. The first-order valence-corrected chi connectivity index (χ1v) is 21.2. The van der Waals surface area contributed by atoms with Crippen LogP contribution in [0.25, 0.3) is 122 Å². The van der Waals surface area contributed by atoms with Crippen molar-refractivity contribution < 1.29 is 4.42 Å². The van der Waals surface area contributed by atoms with Gasteiger partial charge in [0.15, 0.2) is 17.5 Å². The van der Waals surface area contributed by atoms with E-state index in [-0.39, 0.29) is 0 Å². The van der Waals surface area contributed by atoms with Crippen LogP contribution in [0, 0.1) is 0 Å². The molecule has 0 amide bonds. The van der Waals surface area contributed by atoms with Crippen LogP contribution in [0.4, 0.5) is 0 Å². The molecular formula is C57H35N5O. The van der Waals surface area contributed by atoms with Crippen LogP contribution in [0.1, 0.15) is 0 Å². The van der Waals surface area contributed by atoms with Crippen LogP contribution < -0.4 is 0 Å². The number of benzene rings is 9. The minimum atomic E-state index is 0.577. The van der Waals surface area contributed by atoms with Crippen LogP contribution in [0.3, 0.4) is 0 Å². The molecule has 0 spiro atoms. The van der Waals surface area contributed by atoms with Crippen molar-refractivity contribution in [1.29, 1.82) is 0 Å². The number of nitrogens with zero attached hydrogens (tertiary/aromatic N) is 5. The van der Waals surface area contributed by atoms with E-state index >= 15 is 0 Å². The number of hydrogen-bond donors (Lipinski definition) is 0. The van der Waals surface area contributed by atoms with Gasteiger partial charge in [0.2, 0.25) is 0 Å². The first kappa shape index (κ1) is 35.2. The van der Waals surface area contributed by atoms with Crippen molar-refractivity contribution >= 4 is 65.6 Å². The molecule has 0 N–H and O–H groups in total. The van der Waals surface area contributed by atoms with Gasteiger partial charge in [-0.25, -0.2) is 15.0 Å². The second kappa shape index (κ2) is 14.0. The monoisotopic (exact) mass is 805 g/mol. The number of aromatic nitrogens is 5. The van der Waals surface area contributed by atoms with Crippen LogP contribution in [-0.2, 0) is 0 Å². The van der Waals surface area contributed by atoms with Gasteiger partial charge in [-0.1, -0.05) is 140 Å². The summed E-state index contributed by atoms with van der Waals surface area (Å²) >= 11 is 0. The lowest BCUT2D eigenvalue weighted by atomic mass is 10.0. The molecule has 0 saturated carbocycles. The molecule has 0 aliphatic heterocycles. The fourth-order valence-electron chi connectivity index (χ4n) is 9.46. The summed E-state index contributed by atoms with van der Waals surface area (Å²) in [6.07, 6.45) is 0. The number of fused-ring (bicyclic) bond motifs is 10. The zero-order chi connectivity index (χ0) is 41.4. The van der Waals surface area contributed by atoms with E-state index in [9.17, 15) is 0 Å². The van der Waals surface area contributed by atoms with Gasteiger partial charge in [-0.05, 0) is 83.9 Å². The molecular weight excluding hydrogens is 771 g/mol. The summed E-state index contributed by atoms with van der Waals surface area (Å²) in [5, 5.41) is 7.00. The highest BCUT2D eigenvalue weighted by Crippen LogP contribution is 2.42. The Morgan fingerprint density at radius 2 is 0.794 bits per heavy atom. The Kier molecular flexibility index (Phi) is 7.80. The molecule has 0 saturated heterocycles. The normalized spacial score (nSPS) is 11.8. The van der Waals surface area contributed by atoms with Gasteiger partial charge >= 0.3 is 0 Å². The predicted molar refractivity (Wildman–Crippen MR) is 258 cm³/mol. The summed E-state index contributed by atoms with van der Waals surface area (Å²) in [5.74, 6) is 1.77. The van der Waals surface area contributed by atoms with E-state index in [0.29, 0.717) is 17.5 Å². The standard InChI is InChI=1S/C57H35N5O/c1-3-13-36(14-4-1)37-23-25-38(26-24-37)55-58-56(60-57(59-55)40-29-32-45-44-18-9-12-22-51(44)63-52(45)35-40)39-27-30-42(31-28-39)62-48-20-10-7-17-43(48)46-33-34-50-53(54(46)62)47-19-8-11-21-49(47)61(50)41-15-5-2-6-16-41/h1-35H. The zero-order valence-corrected chi connectivity index (χ0v) is 33.9. The van der Waals surface area contributed by atoms with Gasteiger partial charge < -0.3 is 13.6 Å². The lowest BCUT2D eigenvalue weighted by Gasteiger charge is -2.12. The fourth-order valence-corrected chi connectivity index (χ4v) is 9.46. The van der Waals surface area contributed by atoms with Crippen LogP contribution in [-0.4, -0.2) is 24.1 Å². The number of furan rings is 1. The minimum absolute atomic E-state index is 0.577. The Bertz CT molecular complexity index is 3880. The summed E-state index contributed by atoms with van der Waals surface area (Å²) in [4.78, 5) is 15.4. The maximum atomic E-state index is 6.31. The lowest BCUT2D eigenvalue weighted by Crippen LogP contribution is -2.01. The third-order valence-electron chi connectivity index (χ3n) is 12.4. The molecule has 6 nitrogen and oxygen atoms in total. The Morgan fingerprint density at radius 1 is 0.302 bits per heavy atom. The molecule has 13 rings (SSSR count). The number of rotatable bonds is 6. The second-order valence-electron chi connectivity index (χ2n) is 16.0. The molecule has 0 aliphatic carbocycles. The topological polar surface area (TPSA) is 61.7 Å². The maximum absolute atomic E-state index is 6.31. The van der Waals surface area contributed by atoms with Gasteiger partial charge in [-0.2, -0.15) is 0 Å². The van der Waals surface area contributed by atoms with E-state index in [1.165, 1.54) is 38.1 Å². The van der Waals surface area contributed by atoms with E-state index in [2.05, 4.69) is 191 Å². The Labute approximate surface area is 361 Å². The lowest BCUT2D eigenvalue weighted by molar-refractivity contribution is 0.669. The van der Waals surface area contributed by atoms with Gasteiger partial charge in [-0.15, -0.1) is 0 Å². The van der Waals surface area contributed by atoms with Gasteiger partial charge in [0.1, 0.15) is 11.2 Å². The van der Waals surface area contributed by atoms with E-state index in [1.54, 1.807) is 0 Å². The summed E-state index contributed by atoms with van der Waals surface area (Å²) in [5.41, 5.74) is 13.4. The van der Waals surface area contributed by atoms with E-state index in [0.717, 1.165) is 66.6 Å². The quantitative estimate of drug-likeness (QED) is 0.168. The summed E-state index contributed by atoms with van der Waals surface area (Å²) < 4.78 is 11.1. The van der Waals surface area contributed by atoms with Crippen LogP contribution >= 0.6 is 0 Å². The highest BCUT2D eigenvalue weighted by Gasteiger charge is 2.21. The van der Waals surface area contributed by atoms with Gasteiger partial charge in [0, 0.05) is 60.4 Å². The second-order valence-corrected chi connectivity index (χ2v) is 16.0. The Morgan fingerprint density at radius 3 is 1.52 bits per heavy atom. The molecule has 0 aliphatic rings. The van der Waals surface area contributed by atoms with Crippen LogP contribution in [0.5, 0.6) is 0 Å². The van der Waals surface area contributed by atoms with Gasteiger partial charge in [0.25, 0.3) is 0 Å². The van der Waals surface area contributed by atoms with Crippen molar-refractivity contribution in [2.75, 3.05) is 0 Å². The Balaban J connectivity index is 0.980. The number of hydrogen-bond acceptors (Lipinski definition) is 4. The average Bonchev–Trinajstić information content (AvgIpc) is 4.02. The Hall–Kier alpha value is -8.61. The molecule has 0 bridgehead atoms. The molecule has 0 fully saturated rings. The molecule has 13 aromatic rings. The largest absolute Gasteiger partial charge is 0.456 e. The molecule has 0 atom stereocenters. The van der Waals surface area contributed by atoms with Gasteiger partial charge in [-0.3, -0.25) is 0 Å². The highest BCUT2D eigenvalue weighted by molar-refractivity contribution is 6.26. The molecule has 4 heterocycles. The summed E-state index contributed by atoms with van der Waals surface area (Å²) in [7, 11) is 0. The smallest absolute Gasteiger partial charge is 0.164 e. The van der Waals surface area contributed by atoms with Crippen molar-refractivity contribution in [3.8, 4) is 56.7 Å². The molecule has 4 aromatic heterocycles. The molecule has 0 unspecified atom stereocenters. The SMILES string of the molecule is c1ccc(-c2ccc(-c3nc(-c4ccc(-n5c6ccccc6c6ccc7c(c8ccccc8n7-c7ccccc7)c65)cc4)nc(-c4ccc5c(c4)oc4ccccc45)n3)cc2)cc1. The van der Waals surface area contributed by atoms with Crippen LogP contribution in [0.2, 0.25) is 0 Å². The van der Waals surface area contributed by atoms with Crippen molar-refractivity contribution in [3.63, 3.8) is 0 Å². The van der Waals surface area contributed by atoms with E-state index in [4.69, 9.17) is 19.4 Å².